The zero-order chi connectivity index (χ0) is 22.4. The number of sulfonamides is 1. The van der Waals surface area contributed by atoms with Gasteiger partial charge in [-0.2, -0.15) is 4.31 Å². The molecule has 8 nitrogen and oxygen atoms in total. The number of nitrogens with one attached hydrogen (secondary N) is 1. The fourth-order valence-electron chi connectivity index (χ4n) is 3.61. The van der Waals surface area contributed by atoms with E-state index in [1.165, 1.54) is 4.31 Å². The van der Waals surface area contributed by atoms with Crippen LogP contribution in [0, 0.1) is 0 Å². The van der Waals surface area contributed by atoms with Crippen molar-refractivity contribution in [3.8, 4) is 0 Å². The summed E-state index contributed by atoms with van der Waals surface area (Å²) >= 11 is 0. The first-order valence-corrected chi connectivity index (χ1v) is 12.1. The molecule has 0 aliphatic heterocycles. The molecule has 0 atom stereocenters. The van der Waals surface area contributed by atoms with Crippen LogP contribution in [0.4, 0.5) is 0 Å². The Morgan fingerprint density at radius 3 is 2.61 bits per heavy atom. The number of fused-ring (bicyclic) bond motifs is 1. The Kier molecular flexibility index (Phi) is 7.50. The maximum atomic E-state index is 12.9. The third-order valence-electron chi connectivity index (χ3n) is 5.20. The van der Waals surface area contributed by atoms with Gasteiger partial charge in [0.25, 0.3) is 0 Å². The van der Waals surface area contributed by atoms with E-state index >= 15 is 0 Å². The van der Waals surface area contributed by atoms with Gasteiger partial charge in [-0.25, -0.2) is 13.4 Å². The molecule has 0 saturated carbocycles. The van der Waals surface area contributed by atoms with Crippen molar-refractivity contribution in [1.29, 1.82) is 0 Å². The Balaban J connectivity index is 1.80. The summed E-state index contributed by atoms with van der Waals surface area (Å²) in [7, 11) is -3.55. The van der Waals surface area contributed by atoms with Crippen molar-refractivity contribution in [2.24, 2.45) is 0 Å². The predicted molar refractivity (Wildman–Crippen MR) is 119 cm³/mol. The van der Waals surface area contributed by atoms with Crippen LogP contribution < -0.4 is 5.32 Å². The second-order valence-electron chi connectivity index (χ2n) is 7.28. The Morgan fingerprint density at radius 1 is 1.19 bits per heavy atom. The molecule has 0 saturated heterocycles. The van der Waals surface area contributed by atoms with E-state index < -0.39 is 10.0 Å². The Morgan fingerprint density at radius 2 is 1.97 bits per heavy atom. The molecule has 2 aromatic heterocycles. The molecule has 9 heteroatoms. The number of aromatic nitrogens is 2. The third-order valence-corrected chi connectivity index (χ3v) is 7.25. The smallest absolute Gasteiger partial charge is 0.243 e. The molecule has 1 aromatic carbocycles. The molecule has 0 unspecified atom stereocenters. The second-order valence-corrected chi connectivity index (χ2v) is 9.21. The molecule has 0 spiro atoms. The van der Waals surface area contributed by atoms with Gasteiger partial charge in [0.05, 0.1) is 28.7 Å². The Bertz CT molecular complexity index is 1120. The Labute approximate surface area is 183 Å². The van der Waals surface area contributed by atoms with E-state index in [-0.39, 0.29) is 10.8 Å². The number of carbonyl (C=O) groups is 1. The molecule has 0 radical (unpaired) electrons. The van der Waals surface area contributed by atoms with Crippen LogP contribution in [0.1, 0.15) is 45.2 Å². The van der Waals surface area contributed by atoms with Crippen molar-refractivity contribution in [1.82, 2.24) is 19.2 Å². The number of hydrogen-bond acceptors (Lipinski definition) is 5. The van der Waals surface area contributed by atoms with Gasteiger partial charge in [0.2, 0.25) is 15.9 Å². The van der Waals surface area contributed by atoms with Gasteiger partial charge in [-0.3, -0.25) is 4.79 Å². The van der Waals surface area contributed by atoms with Gasteiger partial charge in [-0.05, 0) is 36.8 Å². The molecule has 0 bridgehead atoms. The Hall–Kier alpha value is -2.65. The number of amides is 1. The highest BCUT2D eigenvalue weighted by molar-refractivity contribution is 7.89. The lowest BCUT2D eigenvalue weighted by Crippen LogP contribution is -2.30. The van der Waals surface area contributed by atoms with Gasteiger partial charge in [0.15, 0.2) is 0 Å². The molecular weight excluding hydrogens is 416 g/mol. The van der Waals surface area contributed by atoms with Crippen LogP contribution in [-0.2, 0) is 34.3 Å². The summed E-state index contributed by atoms with van der Waals surface area (Å²) in [6, 6.07) is 8.68. The van der Waals surface area contributed by atoms with Gasteiger partial charge in [-0.15, -0.1) is 0 Å². The van der Waals surface area contributed by atoms with Crippen LogP contribution in [0.15, 0.2) is 45.9 Å². The molecule has 0 aliphatic carbocycles. The highest BCUT2D eigenvalue weighted by Crippen LogP contribution is 2.24. The summed E-state index contributed by atoms with van der Waals surface area (Å²) in [6.07, 6.45) is 3.24. The minimum atomic E-state index is -3.55. The summed E-state index contributed by atoms with van der Waals surface area (Å²) < 4.78 is 34.5. The predicted octanol–water partition coefficient (Wildman–Crippen LogP) is 3.32. The molecule has 0 fully saturated rings. The molecule has 0 aliphatic rings. The number of furan rings is 1. The molecular formula is C22H30N4O4S. The number of nitrogens with zero attached hydrogens (tertiary/aromatic N) is 3. The first kappa shape index (κ1) is 23.0. The first-order chi connectivity index (χ1) is 14.9. The normalized spacial score (nSPS) is 12.0. The number of benzene rings is 1. The first-order valence-electron chi connectivity index (χ1n) is 10.7. The minimum absolute atomic E-state index is 0.0868. The largest absolute Gasteiger partial charge is 0.467 e. The van der Waals surface area contributed by atoms with E-state index in [1.807, 2.05) is 26.0 Å². The summed E-state index contributed by atoms with van der Waals surface area (Å²) in [5.74, 6) is 1.40. The number of aryl methyl sites for hydroxylation is 2. The van der Waals surface area contributed by atoms with Crippen LogP contribution in [-0.4, -0.2) is 41.3 Å². The average Bonchev–Trinajstić information content (AvgIpc) is 3.39. The number of rotatable bonds is 11. The second kappa shape index (κ2) is 10.1. The lowest BCUT2D eigenvalue weighted by atomic mass is 10.2. The van der Waals surface area contributed by atoms with Gasteiger partial charge in [-0.1, -0.05) is 20.8 Å². The van der Waals surface area contributed by atoms with Gasteiger partial charge < -0.3 is 14.3 Å². The number of hydrogen-bond donors (Lipinski definition) is 1. The SMILES string of the molecule is CCCn1c(CCC(=O)NCc2ccco2)nc2cc(S(=O)(=O)N(CC)CC)ccc21. The molecule has 31 heavy (non-hydrogen) atoms. The molecule has 168 valence electrons. The van der Waals surface area contributed by atoms with Crippen molar-refractivity contribution in [3.63, 3.8) is 0 Å². The van der Waals surface area contributed by atoms with Crippen LogP contribution in [0.3, 0.4) is 0 Å². The zero-order valence-corrected chi connectivity index (χ0v) is 19.1. The van der Waals surface area contributed by atoms with Crippen LogP contribution in [0.5, 0.6) is 0 Å². The summed E-state index contributed by atoms with van der Waals surface area (Å²) in [5.41, 5.74) is 1.51. The highest BCUT2D eigenvalue weighted by atomic mass is 32.2. The maximum Gasteiger partial charge on any atom is 0.243 e. The van der Waals surface area contributed by atoms with E-state index in [1.54, 1.807) is 24.5 Å². The van der Waals surface area contributed by atoms with Crippen molar-refractivity contribution >= 4 is 27.0 Å². The van der Waals surface area contributed by atoms with Crippen molar-refractivity contribution in [3.05, 3.63) is 48.2 Å². The average molecular weight is 447 g/mol. The lowest BCUT2D eigenvalue weighted by molar-refractivity contribution is -0.121. The molecule has 2 heterocycles. The summed E-state index contributed by atoms with van der Waals surface area (Å²) in [4.78, 5) is 17.2. The maximum absolute atomic E-state index is 12.9. The van der Waals surface area contributed by atoms with Crippen molar-refractivity contribution in [2.45, 2.75) is 58.0 Å². The third kappa shape index (κ3) is 5.16. The quantitative estimate of drug-likeness (QED) is 0.487. The number of imidazole rings is 1. The van der Waals surface area contributed by atoms with Gasteiger partial charge >= 0.3 is 0 Å². The standard InChI is InChI=1S/C22H30N4O4S/c1-4-13-26-20-10-9-18(31(28,29)25(5-2)6-3)15-19(20)24-21(26)11-12-22(27)23-16-17-8-7-14-30-17/h7-10,14-15H,4-6,11-13,16H2,1-3H3,(H,23,27). The van der Waals surface area contributed by atoms with Gasteiger partial charge in [0.1, 0.15) is 11.6 Å². The summed E-state index contributed by atoms with van der Waals surface area (Å²) in [6.45, 7) is 7.66. The lowest BCUT2D eigenvalue weighted by Gasteiger charge is -2.18. The minimum Gasteiger partial charge on any atom is -0.467 e. The van der Waals surface area contributed by atoms with E-state index in [4.69, 9.17) is 4.42 Å². The monoisotopic (exact) mass is 446 g/mol. The van der Waals surface area contributed by atoms with E-state index in [0.717, 1.165) is 24.3 Å². The molecule has 3 rings (SSSR count). The van der Waals surface area contributed by atoms with E-state index in [2.05, 4.69) is 21.8 Å². The van der Waals surface area contributed by atoms with Crippen molar-refractivity contribution < 1.29 is 17.6 Å². The van der Waals surface area contributed by atoms with Crippen LogP contribution in [0.2, 0.25) is 0 Å². The fourth-order valence-corrected chi connectivity index (χ4v) is 5.09. The van der Waals surface area contributed by atoms with Crippen LogP contribution in [0.25, 0.3) is 11.0 Å². The summed E-state index contributed by atoms with van der Waals surface area (Å²) in [5, 5.41) is 2.84. The van der Waals surface area contributed by atoms with Crippen molar-refractivity contribution in [2.75, 3.05) is 13.1 Å². The zero-order valence-electron chi connectivity index (χ0n) is 18.3. The van der Waals surface area contributed by atoms with E-state index in [9.17, 15) is 13.2 Å². The molecule has 1 N–H and O–H groups in total. The molecule has 1 amide bonds. The fraction of sp³-hybridized carbons (Fsp3) is 0.455. The van der Waals surface area contributed by atoms with Gasteiger partial charge in [0, 0.05) is 32.5 Å². The molecule has 3 aromatic rings. The van der Waals surface area contributed by atoms with Crippen LogP contribution >= 0.6 is 0 Å². The van der Waals surface area contributed by atoms with E-state index in [0.29, 0.717) is 43.8 Å². The topological polar surface area (TPSA) is 97.4 Å². The highest BCUT2D eigenvalue weighted by Gasteiger charge is 2.23. The number of carbonyl (C=O) groups excluding carboxylic acids is 1.